The van der Waals surface area contributed by atoms with E-state index in [1.807, 2.05) is 24.3 Å². The van der Waals surface area contributed by atoms with Crippen LogP contribution in [-0.4, -0.2) is 18.2 Å². The van der Waals surface area contributed by atoms with Gasteiger partial charge in [-0.2, -0.15) is 0 Å². The number of carbonyl (C=O) groups is 1. The maximum absolute atomic E-state index is 11.3. The minimum Gasteiger partial charge on any atom is -0.457 e. The summed E-state index contributed by atoms with van der Waals surface area (Å²) in [6, 6.07) is 16.7. The van der Waals surface area contributed by atoms with Gasteiger partial charge < -0.3 is 4.74 Å². The Hall–Kier alpha value is -1.74. The fourth-order valence-electron chi connectivity index (χ4n) is 2.65. The summed E-state index contributed by atoms with van der Waals surface area (Å²) in [7, 11) is 0. The quantitative estimate of drug-likeness (QED) is 0.761. The highest BCUT2D eigenvalue weighted by Gasteiger charge is 2.28. The summed E-state index contributed by atoms with van der Waals surface area (Å²) in [5.74, 6) is 0.156. The number of thioether (sulfide) groups is 1. The lowest BCUT2D eigenvalue weighted by Crippen LogP contribution is -2.09. The van der Waals surface area contributed by atoms with Crippen LogP contribution in [0.1, 0.15) is 17.0 Å². The lowest BCUT2D eigenvalue weighted by atomic mass is 9.98. The van der Waals surface area contributed by atoms with Gasteiger partial charge in [0, 0.05) is 5.92 Å². The molecule has 0 saturated carbocycles. The first-order chi connectivity index (χ1) is 9.31. The van der Waals surface area contributed by atoms with Crippen LogP contribution in [0.3, 0.4) is 0 Å². The van der Waals surface area contributed by atoms with Crippen molar-refractivity contribution >= 4 is 17.1 Å². The van der Waals surface area contributed by atoms with Gasteiger partial charge in [-0.3, -0.25) is 0 Å². The molecular weight excluding hydrogens is 256 g/mol. The zero-order valence-electron chi connectivity index (χ0n) is 10.6. The molecule has 0 spiro atoms. The molecule has 0 N–H and O–H groups in total. The van der Waals surface area contributed by atoms with Gasteiger partial charge in [-0.15, -0.1) is 0 Å². The first-order valence-corrected chi connectivity index (χ1v) is 7.42. The van der Waals surface area contributed by atoms with E-state index in [9.17, 15) is 4.79 Å². The smallest absolute Gasteiger partial charge is 0.367 e. The predicted molar refractivity (Wildman–Crippen MR) is 78.6 cm³/mol. The average molecular weight is 270 g/mol. The van der Waals surface area contributed by atoms with Crippen LogP contribution >= 0.6 is 11.8 Å². The van der Waals surface area contributed by atoms with Gasteiger partial charge in [0.25, 0.3) is 0 Å². The molecule has 0 fully saturated rings. The van der Waals surface area contributed by atoms with Crippen LogP contribution in [0.15, 0.2) is 48.5 Å². The maximum atomic E-state index is 11.3. The number of hydrogen-bond acceptors (Lipinski definition) is 3. The monoisotopic (exact) mass is 270 g/mol. The highest BCUT2D eigenvalue weighted by atomic mass is 32.2. The number of ether oxygens (including phenoxy) is 1. The fraction of sp³-hybridized carbons (Fsp3) is 0.188. The molecule has 2 nitrogen and oxygen atoms in total. The largest absolute Gasteiger partial charge is 0.457 e. The summed E-state index contributed by atoms with van der Waals surface area (Å²) in [6.45, 7) is 0.410. The number of carbonyl (C=O) groups excluding carboxylic acids is 1. The van der Waals surface area contributed by atoms with Gasteiger partial charge in [0.1, 0.15) is 6.61 Å². The number of rotatable bonds is 2. The third kappa shape index (κ3) is 2.15. The van der Waals surface area contributed by atoms with Gasteiger partial charge in [-0.05, 0) is 40.3 Å². The summed E-state index contributed by atoms with van der Waals surface area (Å²) in [5, 5.41) is -0.220. The molecular formula is C16H14O2S. The van der Waals surface area contributed by atoms with Crippen molar-refractivity contribution in [2.75, 3.05) is 12.9 Å². The Morgan fingerprint density at radius 2 is 1.58 bits per heavy atom. The Morgan fingerprint density at radius 1 is 1.05 bits per heavy atom. The second kappa shape index (κ2) is 5.10. The van der Waals surface area contributed by atoms with E-state index in [0.29, 0.717) is 6.61 Å². The van der Waals surface area contributed by atoms with Crippen molar-refractivity contribution in [3.05, 3.63) is 59.7 Å². The molecule has 1 aliphatic carbocycles. The van der Waals surface area contributed by atoms with E-state index in [1.54, 1.807) is 6.26 Å². The van der Waals surface area contributed by atoms with Gasteiger partial charge in [0.2, 0.25) is 0 Å². The third-order valence-electron chi connectivity index (χ3n) is 3.50. The van der Waals surface area contributed by atoms with E-state index < -0.39 is 0 Å². The van der Waals surface area contributed by atoms with Crippen LogP contribution in [0.25, 0.3) is 11.1 Å². The fourth-order valence-corrected chi connectivity index (χ4v) is 2.84. The number of benzene rings is 2. The van der Waals surface area contributed by atoms with E-state index in [0.717, 1.165) is 11.8 Å². The number of hydrogen-bond donors (Lipinski definition) is 0. The first-order valence-electron chi connectivity index (χ1n) is 6.20. The van der Waals surface area contributed by atoms with Crippen molar-refractivity contribution in [1.29, 1.82) is 0 Å². The molecule has 0 aliphatic heterocycles. The topological polar surface area (TPSA) is 26.3 Å². The van der Waals surface area contributed by atoms with E-state index >= 15 is 0 Å². The van der Waals surface area contributed by atoms with Gasteiger partial charge in [-0.25, -0.2) is 4.79 Å². The molecule has 96 valence electrons. The predicted octanol–water partition coefficient (Wildman–Crippen LogP) is 4.30. The summed E-state index contributed by atoms with van der Waals surface area (Å²) in [4.78, 5) is 11.3. The van der Waals surface area contributed by atoms with Gasteiger partial charge in [0.15, 0.2) is 0 Å². The van der Waals surface area contributed by atoms with E-state index in [-0.39, 0.29) is 11.2 Å². The molecule has 0 bridgehead atoms. The Bertz CT molecular complexity index is 576. The molecule has 2 aromatic carbocycles. The summed E-state index contributed by atoms with van der Waals surface area (Å²) < 4.78 is 5.31. The van der Waals surface area contributed by atoms with Crippen LogP contribution in [0.4, 0.5) is 4.79 Å². The molecule has 19 heavy (non-hydrogen) atoms. The molecule has 1 aliphatic rings. The SMILES string of the molecule is CSC(=O)OCC1c2ccccc2-c2ccccc21. The van der Waals surface area contributed by atoms with E-state index in [2.05, 4.69) is 24.3 Å². The Kier molecular flexibility index (Phi) is 3.30. The van der Waals surface area contributed by atoms with Crippen LogP contribution in [0.5, 0.6) is 0 Å². The highest BCUT2D eigenvalue weighted by Crippen LogP contribution is 2.44. The molecule has 0 radical (unpaired) electrons. The highest BCUT2D eigenvalue weighted by molar-refractivity contribution is 8.12. The summed E-state index contributed by atoms with van der Waals surface area (Å²) >= 11 is 1.11. The van der Waals surface area contributed by atoms with Crippen molar-refractivity contribution in [1.82, 2.24) is 0 Å². The van der Waals surface area contributed by atoms with Crippen LogP contribution < -0.4 is 0 Å². The molecule has 0 aromatic heterocycles. The lowest BCUT2D eigenvalue weighted by Gasteiger charge is -2.13. The molecule has 0 heterocycles. The van der Waals surface area contributed by atoms with Crippen molar-refractivity contribution in [2.45, 2.75) is 5.92 Å². The summed E-state index contributed by atoms with van der Waals surface area (Å²) in [5.41, 5.74) is 5.00. The second-order valence-electron chi connectivity index (χ2n) is 4.49. The Labute approximate surface area is 116 Å². The zero-order valence-corrected chi connectivity index (χ0v) is 11.4. The Balaban J connectivity index is 1.98. The lowest BCUT2D eigenvalue weighted by molar-refractivity contribution is 0.171. The molecule has 3 rings (SSSR count). The Morgan fingerprint density at radius 3 is 2.11 bits per heavy atom. The minimum absolute atomic E-state index is 0.156. The molecule has 0 saturated heterocycles. The van der Waals surface area contributed by atoms with Crippen molar-refractivity contribution < 1.29 is 9.53 Å². The summed E-state index contributed by atoms with van der Waals surface area (Å²) in [6.07, 6.45) is 1.73. The van der Waals surface area contributed by atoms with Gasteiger partial charge in [-0.1, -0.05) is 48.5 Å². The van der Waals surface area contributed by atoms with Crippen LogP contribution in [-0.2, 0) is 4.74 Å². The zero-order chi connectivity index (χ0) is 13.2. The molecule has 0 amide bonds. The molecule has 3 heteroatoms. The van der Waals surface area contributed by atoms with Crippen molar-refractivity contribution in [3.63, 3.8) is 0 Å². The number of fused-ring (bicyclic) bond motifs is 3. The normalized spacial score (nSPS) is 12.9. The third-order valence-corrected chi connectivity index (χ3v) is 3.95. The molecule has 0 atom stereocenters. The second-order valence-corrected chi connectivity index (χ2v) is 5.23. The van der Waals surface area contributed by atoms with E-state index in [4.69, 9.17) is 4.74 Å². The molecule has 2 aromatic rings. The van der Waals surface area contributed by atoms with Crippen molar-refractivity contribution in [2.24, 2.45) is 0 Å². The average Bonchev–Trinajstić information content (AvgIpc) is 2.79. The van der Waals surface area contributed by atoms with Crippen LogP contribution in [0.2, 0.25) is 0 Å². The van der Waals surface area contributed by atoms with Gasteiger partial charge in [0.05, 0.1) is 0 Å². The first kappa shape index (κ1) is 12.3. The van der Waals surface area contributed by atoms with E-state index in [1.165, 1.54) is 22.3 Å². The van der Waals surface area contributed by atoms with Crippen molar-refractivity contribution in [3.8, 4) is 11.1 Å². The standard InChI is InChI=1S/C16H14O2S/c1-19-16(17)18-10-15-13-8-4-2-6-11(13)12-7-3-5-9-14(12)15/h2-9,15H,10H2,1H3. The maximum Gasteiger partial charge on any atom is 0.367 e. The molecule has 0 unspecified atom stereocenters. The minimum atomic E-state index is -0.220. The van der Waals surface area contributed by atoms with Crippen LogP contribution in [0, 0.1) is 0 Å². The van der Waals surface area contributed by atoms with Gasteiger partial charge >= 0.3 is 5.30 Å².